The van der Waals surface area contributed by atoms with Crippen molar-refractivity contribution in [1.29, 1.82) is 0 Å². The summed E-state index contributed by atoms with van der Waals surface area (Å²) < 4.78 is 28.4. The molecule has 9 heteroatoms. The van der Waals surface area contributed by atoms with Gasteiger partial charge in [0.2, 0.25) is 10.0 Å². The molecule has 0 aliphatic carbocycles. The van der Waals surface area contributed by atoms with E-state index < -0.39 is 10.0 Å². The van der Waals surface area contributed by atoms with E-state index in [-0.39, 0.29) is 11.0 Å². The van der Waals surface area contributed by atoms with Crippen LogP contribution in [0.1, 0.15) is 19.4 Å². The molecule has 0 aliphatic heterocycles. The molecule has 0 spiro atoms. The van der Waals surface area contributed by atoms with Crippen molar-refractivity contribution in [2.75, 3.05) is 19.6 Å². The Labute approximate surface area is 177 Å². The molecule has 0 fully saturated rings. The van der Waals surface area contributed by atoms with Gasteiger partial charge in [-0.2, -0.15) is 0 Å². The molecule has 1 unspecified atom stereocenters. The number of hydrogen-bond acceptors (Lipinski definition) is 4. The fraction of sp³-hybridized carbons (Fsp3) is 0.350. The molecule has 0 aromatic heterocycles. The Kier molecular flexibility index (Phi) is 8.75. The third-order valence-electron chi connectivity index (χ3n) is 3.96. The van der Waals surface area contributed by atoms with E-state index in [4.69, 9.17) is 21.5 Å². The van der Waals surface area contributed by atoms with Gasteiger partial charge in [-0.3, -0.25) is 0 Å². The van der Waals surface area contributed by atoms with Crippen LogP contribution in [0.25, 0.3) is 0 Å². The number of guanidine groups is 1. The van der Waals surface area contributed by atoms with Crippen molar-refractivity contribution in [1.82, 2.24) is 10.6 Å². The number of ether oxygens (including phenoxy) is 1. The molecular weight excluding hydrogens is 412 g/mol. The summed E-state index contributed by atoms with van der Waals surface area (Å²) in [5.41, 5.74) is 1.00. The second-order valence-corrected chi connectivity index (χ2v) is 8.47. The van der Waals surface area contributed by atoms with Crippen molar-refractivity contribution >= 4 is 27.6 Å². The highest BCUT2D eigenvalue weighted by Gasteiger charge is 2.07. The van der Waals surface area contributed by atoms with Gasteiger partial charge in [0.25, 0.3) is 0 Å². The highest BCUT2D eigenvalue weighted by molar-refractivity contribution is 7.89. The molecule has 0 saturated carbocycles. The normalized spacial score (nSPS) is 13.0. The maximum atomic E-state index is 11.3. The number of nitrogens with one attached hydrogen (secondary N) is 2. The number of halogens is 1. The Morgan fingerprint density at radius 3 is 2.38 bits per heavy atom. The van der Waals surface area contributed by atoms with Gasteiger partial charge < -0.3 is 15.4 Å². The Morgan fingerprint density at radius 1 is 1.14 bits per heavy atom. The molecule has 0 amide bonds. The van der Waals surface area contributed by atoms with E-state index in [1.54, 1.807) is 24.3 Å². The van der Waals surface area contributed by atoms with Gasteiger partial charge in [0.05, 0.1) is 11.4 Å². The number of aliphatic imine (C=N–C) groups is 1. The zero-order valence-electron chi connectivity index (χ0n) is 16.6. The fourth-order valence-electron chi connectivity index (χ4n) is 2.52. The second kappa shape index (κ2) is 11.0. The van der Waals surface area contributed by atoms with Crippen molar-refractivity contribution in [2.45, 2.75) is 31.3 Å². The van der Waals surface area contributed by atoms with Crippen LogP contribution in [-0.4, -0.2) is 40.1 Å². The van der Waals surface area contributed by atoms with Crippen molar-refractivity contribution < 1.29 is 13.2 Å². The second-order valence-electron chi connectivity index (χ2n) is 6.47. The smallest absolute Gasteiger partial charge is 0.238 e. The third kappa shape index (κ3) is 8.31. The SMILES string of the molecule is CCNC(=NCC(C)Oc1ccc(Cl)cc1)NCCc1ccc(S(N)(=O)=O)cc1. The molecule has 0 radical (unpaired) electrons. The first-order valence-electron chi connectivity index (χ1n) is 9.34. The lowest BCUT2D eigenvalue weighted by Crippen LogP contribution is -2.39. The number of hydrogen-bond donors (Lipinski definition) is 3. The number of rotatable bonds is 9. The van der Waals surface area contributed by atoms with Crippen LogP contribution < -0.4 is 20.5 Å². The number of nitrogens with zero attached hydrogens (tertiary/aromatic N) is 1. The predicted molar refractivity (Wildman–Crippen MR) is 117 cm³/mol. The molecule has 2 aromatic rings. The van der Waals surface area contributed by atoms with Crippen LogP contribution in [0.2, 0.25) is 5.02 Å². The number of nitrogens with two attached hydrogens (primary N) is 1. The minimum absolute atomic E-state index is 0.0996. The van der Waals surface area contributed by atoms with Gasteiger partial charge in [-0.05, 0) is 62.2 Å². The molecule has 7 nitrogen and oxygen atoms in total. The van der Waals surface area contributed by atoms with E-state index in [1.165, 1.54) is 12.1 Å². The van der Waals surface area contributed by atoms with Crippen molar-refractivity contribution in [2.24, 2.45) is 10.1 Å². The molecule has 1 atom stereocenters. The largest absolute Gasteiger partial charge is 0.489 e. The Bertz CT molecular complexity index is 900. The number of sulfonamides is 1. The summed E-state index contributed by atoms with van der Waals surface area (Å²) in [6, 6.07) is 13.8. The van der Waals surface area contributed by atoms with Crippen molar-refractivity contribution in [3.05, 3.63) is 59.1 Å². The molecule has 2 rings (SSSR count). The molecule has 4 N–H and O–H groups in total. The van der Waals surface area contributed by atoms with E-state index in [0.717, 1.165) is 17.9 Å². The fourth-order valence-corrected chi connectivity index (χ4v) is 3.16. The van der Waals surface area contributed by atoms with E-state index in [0.29, 0.717) is 30.5 Å². The summed E-state index contributed by atoms with van der Waals surface area (Å²) in [5.74, 6) is 1.44. The molecule has 0 saturated heterocycles. The summed E-state index contributed by atoms with van der Waals surface area (Å²) in [6.45, 7) is 5.82. The predicted octanol–water partition coefficient (Wildman–Crippen LogP) is 2.55. The molecule has 0 heterocycles. The third-order valence-corrected chi connectivity index (χ3v) is 5.14. The van der Waals surface area contributed by atoms with Gasteiger partial charge >= 0.3 is 0 Å². The Morgan fingerprint density at radius 2 is 1.79 bits per heavy atom. The van der Waals surface area contributed by atoms with Crippen LogP contribution in [0.15, 0.2) is 58.4 Å². The minimum Gasteiger partial charge on any atom is -0.489 e. The van der Waals surface area contributed by atoms with Gasteiger partial charge in [0, 0.05) is 18.1 Å². The lowest BCUT2D eigenvalue weighted by atomic mass is 10.1. The molecule has 2 aromatic carbocycles. The Hall–Kier alpha value is -2.29. The molecule has 29 heavy (non-hydrogen) atoms. The first-order valence-corrected chi connectivity index (χ1v) is 11.3. The van der Waals surface area contributed by atoms with Crippen LogP contribution in [-0.2, 0) is 16.4 Å². The molecule has 0 aliphatic rings. The summed E-state index contributed by atoms with van der Waals surface area (Å²) in [6.07, 6.45) is 0.615. The van der Waals surface area contributed by atoms with Crippen LogP contribution >= 0.6 is 11.6 Å². The van der Waals surface area contributed by atoms with Crippen LogP contribution in [0.3, 0.4) is 0 Å². The van der Waals surface area contributed by atoms with Gasteiger partial charge in [-0.15, -0.1) is 0 Å². The van der Waals surface area contributed by atoms with Gasteiger partial charge in [-0.1, -0.05) is 23.7 Å². The van der Waals surface area contributed by atoms with Crippen LogP contribution in [0, 0.1) is 0 Å². The van der Waals surface area contributed by atoms with E-state index >= 15 is 0 Å². The lowest BCUT2D eigenvalue weighted by Gasteiger charge is -2.15. The summed E-state index contributed by atoms with van der Waals surface area (Å²) in [7, 11) is -3.66. The average molecular weight is 439 g/mol. The van der Waals surface area contributed by atoms with Crippen molar-refractivity contribution in [3.63, 3.8) is 0 Å². The van der Waals surface area contributed by atoms with E-state index in [2.05, 4.69) is 15.6 Å². The molecule has 0 bridgehead atoms. The monoisotopic (exact) mass is 438 g/mol. The maximum absolute atomic E-state index is 11.3. The zero-order valence-corrected chi connectivity index (χ0v) is 18.1. The number of primary sulfonamides is 1. The summed E-state index contributed by atoms with van der Waals surface area (Å²) >= 11 is 5.88. The van der Waals surface area contributed by atoms with Gasteiger partial charge in [0.15, 0.2) is 5.96 Å². The lowest BCUT2D eigenvalue weighted by molar-refractivity contribution is 0.230. The Balaban J connectivity index is 1.84. The topological polar surface area (TPSA) is 106 Å². The van der Waals surface area contributed by atoms with E-state index in [1.807, 2.05) is 26.0 Å². The quantitative estimate of drug-likeness (QED) is 0.412. The zero-order chi connectivity index (χ0) is 21.3. The van der Waals surface area contributed by atoms with Gasteiger partial charge in [-0.25, -0.2) is 18.5 Å². The van der Waals surface area contributed by atoms with E-state index in [9.17, 15) is 8.42 Å². The van der Waals surface area contributed by atoms with Crippen LogP contribution in [0.4, 0.5) is 0 Å². The number of benzene rings is 2. The van der Waals surface area contributed by atoms with Crippen LogP contribution in [0.5, 0.6) is 5.75 Å². The molecule has 158 valence electrons. The summed E-state index contributed by atoms with van der Waals surface area (Å²) in [5, 5.41) is 12.2. The molecular formula is C20H27ClN4O3S. The van der Waals surface area contributed by atoms with Crippen molar-refractivity contribution in [3.8, 4) is 5.75 Å². The standard InChI is InChI=1S/C20H27ClN4O3S/c1-3-23-20(25-14-15(2)28-18-8-6-17(21)7-9-18)24-13-12-16-4-10-19(11-5-16)29(22,26)27/h4-11,15H,3,12-14H2,1-2H3,(H2,22,26,27)(H2,23,24,25). The first-order chi connectivity index (χ1) is 13.8. The summed E-state index contributed by atoms with van der Waals surface area (Å²) in [4.78, 5) is 4.66. The highest BCUT2D eigenvalue weighted by atomic mass is 35.5. The first kappa shape index (κ1) is 23.0. The minimum atomic E-state index is -3.66. The average Bonchev–Trinajstić information content (AvgIpc) is 2.67. The van der Waals surface area contributed by atoms with Gasteiger partial charge in [0.1, 0.15) is 11.9 Å². The maximum Gasteiger partial charge on any atom is 0.238 e. The highest BCUT2D eigenvalue weighted by Crippen LogP contribution is 2.16.